The fourth-order valence-corrected chi connectivity index (χ4v) is 2.45. The maximum Gasteiger partial charge on any atom is 0.211 e. The van der Waals surface area contributed by atoms with Crippen molar-refractivity contribution < 1.29 is 4.42 Å². The van der Waals surface area contributed by atoms with Gasteiger partial charge in [0.25, 0.3) is 0 Å². The summed E-state index contributed by atoms with van der Waals surface area (Å²) >= 11 is 0. The predicted molar refractivity (Wildman–Crippen MR) is 67.8 cm³/mol. The average molecular weight is 237 g/mol. The molecule has 1 aromatic heterocycles. The van der Waals surface area contributed by atoms with Gasteiger partial charge < -0.3 is 10.2 Å². The van der Waals surface area contributed by atoms with E-state index in [1.165, 1.54) is 12.8 Å². The Balaban J connectivity index is 2.12. The Morgan fingerprint density at radius 1 is 1.59 bits per heavy atom. The van der Waals surface area contributed by atoms with Crippen LogP contribution >= 0.6 is 0 Å². The third-order valence-corrected chi connectivity index (χ3v) is 3.69. The molecule has 0 aliphatic carbocycles. The van der Waals surface area contributed by atoms with E-state index in [0.29, 0.717) is 12.6 Å². The largest absolute Gasteiger partial charge is 0.444 e. The number of nitrogens with two attached hydrogens (primary N) is 1. The van der Waals surface area contributed by atoms with Gasteiger partial charge in [0.15, 0.2) is 0 Å². The predicted octanol–water partition coefficient (Wildman–Crippen LogP) is 2.28. The second kappa shape index (κ2) is 5.65. The molecule has 1 aliphatic heterocycles. The monoisotopic (exact) mass is 237 g/mol. The van der Waals surface area contributed by atoms with E-state index in [2.05, 4.69) is 23.7 Å². The Labute approximate surface area is 103 Å². The first-order chi connectivity index (χ1) is 8.26. The molecule has 1 fully saturated rings. The zero-order chi connectivity index (χ0) is 12.3. The van der Waals surface area contributed by atoms with Crippen LogP contribution in [0.1, 0.15) is 56.7 Å². The summed E-state index contributed by atoms with van der Waals surface area (Å²) in [6.07, 6.45) is 5.56. The van der Waals surface area contributed by atoms with Crippen molar-refractivity contribution in [2.45, 2.75) is 45.1 Å². The summed E-state index contributed by atoms with van der Waals surface area (Å²) in [5.41, 5.74) is 5.65. The molecule has 4 heteroatoms. The Bertz CT molecular complexity index is 350. The Hall–Kier alpha value is -0.870. The zero-order valence-corrected chi connectivity index (χ0v) is 10.9. The van der Waals surface area contributed by atoms with Crippen LogP contribution < -0.4 is 5.73 Å². The molecule has 2 rings (SSSR count). The van der Waals surface area contributed by atoms with Crippen LogP contribution in [0, 0.1) is 0 Å². The first kappa shape index (κ1) is 12.6. The summed E-state index contributed by atoms with van der Waals surface area (Å²) in [4.78, 5) is 6.89. The first-order valence-corrected chi connectivity index (χ1v) is 6.66. The lowest BCUT2D eigenvalue weighted by molar-refractivity contribution is 0.131. The van der Waals surface area contributed by atoms with Crippen LogP contribution in [0.4, 0.5) is 0 Å². The maximum absolute atomic E-state index is 5.88. The fraction of sp³-hybridized carbons (Fsp3) is 0.769. The number of nitrogens with zero attached hydrogens (tertiary/aromatic N) is 2. The van der Waals surface area contributed by atoms with E-state index < -0.39 is 0 Å². The Morgan fingerprint density at radius 2 is 2.41 bits per heavy atom. The molecule has 0 amide bonds. The van der Waals surface area contributed by atoms with E-state index in [4.69, 9.17) is 10.2 Å². The topological polar surface area (TPSA) is 55.3 Å². The van der Waals surface area contributed by atoms with Crippen molar-refractivity contribution in [1.29, 1.82) is 0 Å². The zero-order valence-electron chi connectivity index (χ0n) is 10.9. The first-order valence-electron chi connectivity index (χ1n) is 6.66. The minimum Gasteiger partial charge on any atom is -0.444 e. The van der Waals surface area contributed by atoms with Gasteiger partial charge in [-0.3, -0.25) is 4.90 Å². The van der Waals surface area contributed by atoms with Crippen molar-refractivity contribution in [2.75, 3.05) is 19.6 Å². The molecular formula is C13H23N3O. The van der Waals surface area contributed by atoms with Crippen molar-refractivity contribution in [1.82, 2.24) is 9.88 Å². The SMILES string of the molecule is CCN1CCCCC1c1ncc(C(C)CN)o1. The molecule has 2 atom stereocenters. The van der Waals surface area contributed by atoms with Gasteiger partial charge in [-0.25, -0.2) is 4.98 Å². The summed E-state index contributed by atoms with van der Waals surface area (Å²) < 4.78 is 5.88. The van der Waals surface area contributed by atoms with E-state index in [1.54, 1.807) is 0 Å². The summed E-state index contributed by atoms with van der Waals surface area (Å²) in [6, 6.07) is 0.368. The highest BCUT2D eigenvalue weighted by molar-refractivity contribution is 5.04. The third kappa shape index (κ3) is 2.69. The molecule has 17 heavy (non-hydrogen) atoms. The summed E-state index contributed by atoms with van der Waals surface area (Å²) in [5, 5.41) is 0. The Kier molecular flexibility index (Phi) is 4.18. The normalized spacial score (nSPS) is 23.8. The van der Waals surface area contributed by atoms with E-state index in [1.807, 2.05) is 6.20 Å². The number of aromatic nitrogens is 1. The number of likely N-dealkylation sites (tertiary alicyclic amines) is 1. The van der Waals surface area contributed by atoms with Gasteiger partial charge in [0.1, 0.15) is 5.76 Å². The standard InChI is InChI=1S/C13H23N3O/c1-3-16-7-5-4-6-11(16)13-15-9-12(17-13)10(2)8-14/h9-11H,3-8,14H2,1-2H3. The summed E-state index contributed by atoms with van der Waals surface area (Å²) in [6.45, 7) is 7.10. The highest BCUT2D eigenvalue weighted by atomic mass is 16.4. The number of rotatable bonds is 4. The van der Waals surface area contributed by atoms with Crippen LogP contribution in [0.15, 0.2) is 10.6 Å². The molecule has 0 bridgehead atoms. The molecule has 0 saturated carbocycles. The fourth-order valence-electron chi connectivity index (χ4n) is 2.45. The molecule has 4 nitrogen and oxygen atoms in total. The molecule has 1 saturated heterocycles. The van der Waals surface area contributed by atoms with E-state index >= 15 is 0 Å². The lowest BCUT2D eigenvalue weighted by Gasteiger charge is -2.32. The number of oxazole rings is 1. The smallest absolute Gasteiger partial charge is 0.211 e. The molecule has 2 heterocycles. The highest BCUT2D eigenvalue weighted by Gasteiger charge is 2.27. The molecule has 1 aliphatic rings. The molecule has 1 aromatic rings. The average Bonchev–Trinajstić information content (AvgIpc) is 2.87. The molecular weight excluding hydrogens is 214 g/mol. The molecule has 96 valence electrons. The number of piperidine rings is 1. The molecule has 2 N–H and O–H groups in total. The van der Waals surface area contributed by atoms with Gasteiger partial charge in [-0.1, -0.05) is 20.3 Å². The third-order valence-electron chi connectivity index (χ3n) is 3.69. The van der Waals surface area contributed by atoms with E-state index in [9.17, 15) is 0 Å². The molecule has 0 spiro atoms. The second-order valence-corrected chi connectivity index (χ2v) is 4.88. The molecule has 2 unspecified atom stereocenters. The van der Waals surface area contributed by atoms with Gasteiger partial charge in [0.05, 0.1) is 12.2 Å². The van der Waals surface area contributed by atoms with Crippen LogP contribution in [0.2, 0.25) is 0 Å². The van der Waals surface area contributed by atoms with Crippen LogP contribution in [-0.2, 0) is 0 Å². The molecule has 0 radical (unpaired) electrons. The van der Waals surface area contributed by atoms with E-state index in [0.717, 1.165) is 31.2 Å². The Morgan fingerprint density at radius 3 is 3.12 bits per heavy atom. The number of hydrogen-bond acceptors (Lipinski definition) is 4. The van der Waals surface area contributed by atoms with Crippen molar-refractivity contribution in [3.05, 3.63) is 17.8 Å². The number of hydrogen-bond donors (Lipinski definition) is 1. The van der Waals surface area contributed by atoms with Gasteiger partial charge in [0.2, 0.25) is 5.89 Å². The van der Waals surface area contributed by atoms with Crippen molar-refractivity contribution in [3.8, 4) is 0 Å². The van der Waals surface area contributed by atoms with Gasteiger partial charge in [-0.15, -0.1) is 0 Å². The van der Waals surface area contributed by atoms with Crippen molar-refractivity contribution in [2.24, 2.45) is 5.73 Å². The summed E-state index contributed by atoms with van der Waals surface area (Å²) in [5.74, 6) is 2.06. The van der Waals surface area contributed by atoms with Crippen LogP contribution in [0.5, 0.6) is 0 Å². The van der Waals surface area contributed by atoms with Gasteiger partial charge in [0, 0.05) is 12.5 Å². The van der Waals surface area contributed by atoms with Crippen LogP contribution in [0.25, 0.3) is 0 Å². The summed E-state index contributed by atoms with van der Waals surface area (Å²) in [7, 11) is 0. The van der Waals surface area contributed by atoms with Crippen molar-refractivity contribution in [3.63, 3.8) is 0 Å². The molecule has 0 aromatic carbocycles. The van der Waals surface area contributed by atoms with Crippen molar-refractivity contribution >= 4 is 0 Å². The van der Waals surface area contributed by atoms with Crippen LogP contribution in [-0.4, -0.2) is 29.5 Å². The van der Waals surface area contributed by atoms with Gasteiger partial charge in [-0.2, -0.15) is 0 Å². The van der Waals surface area contributed by atoms with Gasteiger partial charge >= 0.3 is 0 Å². The lowest BCUT2D eigenvalue weighted by atomic mass is 10.0. The minimum absolute atomic E-state index is 0.259. The van der Waals surface area contributed by atoms with Crippen LogP contribution in [0.3, 0.4) is 0 Å². The van der Waals surface area contributed by atoms with Gasteiger partial charge in [-0.05, 0) is 25.9 Å². The quantitative estimate of drug-likeness (QED) is 0.873. The van der Waals surface area contributed by atoms with E-state index in [-0.39, 0.29) is 5.92 Å². The minimum atomic E-state index is 0.259. The second-order valence-electron chi connectivity index (χ2n) is 4.88. The maximum atomic E-state index is 5.88. The lowest BCUT2D eigenvalue weighted by Crippen LogP contribution is -2.33. The highest BCUT2D eigenvalue weighted by Crippen LogP contribution is 2.31.